The lowest BCUT2D eigenvalue weighted by atomic mass is 9.97. The minimum absolute atomic E-state index is 0.00203. The maximum Gasteiger partial charge on any atom is 0.338 e. The minimum atomic E-state index is -0.774. The number of methoxy groups -OCH3 is 1. The summed E-state index contributed by atoms with van der Waals surface area (Å²) in [6, 6.07) is 9.34. The number of pyridine rings is 1. The molecular formula is C25H25N3O5. The molecule has 3 aromatic rings. The summed E-state index contributed by atoms with van der Waals surface area (Å²) in [6.45, 7) is 0.264. The van der Waals surface area contributed by atoms with Crippen LogP contribution in [0.25, 0.3) is 16.9 Å². The number of carbonyl (C=O) groups is 2. The number of aromatic nitrogens is 3. The van der Waals surface area contributed by atoms with Crippen LogP contribution in [0.15, 0.2) is 30.3 Å². The summed E-state index contributed by atoms with van der Waals surface area (Å²) in [7, 11) is 1.59. The van der Waals surface area contributed by atoms with Crippen LogP contribution in [0.5, 0.6) is 5.75 Å². The molecule has 2 saturated carbocycles. The van der Waals surface area contributed by atoms with Gasteiger partial charge in [-0.05, 0) is 62.8 Å². The summed E-state index contributed by atoms with van der Waals surface area (Å²) in [4.78, 5) is 29.7. The zero-order valence-corrected chi connectivity index (χ0v) is 18.5. The highest BCUT2D eigenvalue weighted by Crippen LogP contribution is 2.49. The maximum absolute atomic E-state index is 13.2. The van der Waals surface area contributed by atoms with Gasteiger partial charge >= 0.3 is 11.9 Å². The Morgan fingerprint density at radius 3 is 2.73 bits per heavy atom. The quantitative estimate of drug-likeness (QED) is 0.546. The Balaban J connectivity index is 1.39. The van der Waals surface area contributed by atoms with Gasteiger partial charge in [-0.2, -0.15) is 0 Å². The van der Waals surface area contributed by atoms with Crippen LogP contribution >= 0.6 is 0 Å². The maximum atomic E-state index is 13.2. The van der Waals surface area contributed by atoms with Crippen molar-refractivity contribution in [1.82, 2.24) is 14.6 Å². The number of nitrogens with zero attached hydrogens (tertiary/aromatic N) is 3. The molecule has 8 nitrogen and oxygen atoms in total. The number of benzene rings is 1. The van der Waals surface area contributed by atoms with Gasteiger partial charge in [-0.3, -0.25) is 4.79 Å². The molecule has 0 atom stereocenters. The molecule has 170 valence electrons. The second-order valence-electron chi connectivity index (χ2n) is 9.15. The molecule has 0 bridgehead atoms. The molecule has 0 N–H and O–H groups in total. The van der Waals surface area contributed by atoms with Crippen molar-refractivity contribution in [3.05, 3.63) is 47.3 Å². The minimum Gasteiger partial charge on any atom is -0.493 e. The molecule has 0 saturated heterocycles. The molecule has 2 aromatic heterocycles. The number of hydrogen-bond donors (Lipinski definition) is 0. The van der Waals surface area contributed by atoms with Crippen LogP contribution < -0.4 is 4.74 Å². The van der Waals surface area contributed by atoms with Crippen LogP contribution in [-0.2, 0) is 26.3 Å². The number of esters is 2. The second-order valence-corrected chi connectivity index (χ2v) is 9.15. The van der Waals surface area contributed by atoms with Crippen LogP contribution in [0.3, 0.4) is 0 Å². The van der Waals surface area contributed by atoms with E-state index in [2.05, 4.69) is 0 Å². The van der Waals surface area contributed by atoms with Crippen LogP contribution in [0.2, 0.25) is 0 Å². The molecule has 33 heavy (non-hydrogen) atoms. The molecule has 6 rings (SSSR count). The van der Waals surface area contributed by atoms with E-state index in [1.54, 1.807) is 17.7 Å². The smallest absolute Gasteiger partial charge is 0.338 e. The van der Waals surface area contributed by atoms with Crippen LogP contribution in [0.1, 0.15) is 66.7 Å². The summed E-state index contributed by atoms with van der Waals surface area (Å²) in [6.07, 6.45) is 6.66. The predicted molar refractivity (Wildman–Crippen MR) is 118 cm³/mol. The highest BCUT2D eigenvalue weighted by molar-refractivity contribution is 5.94. The SMILES string of the molecule is COc1ccc(-c2ccc3c(c2)COC3=O)n2nc(C3(C(=O)OC4CCCCC4)CC3)nc12. The number of carbonyl (C=O) groups excluding carboxylic acids is 2. The first kappa shape index (κ1) is 20.2. The summed E-state index contributed by atoms with van der Waals surface area (Å²) in [5.41, 5.74) is 2.88. The topological polar surface area (TPSA) is 92.0 Å². The average molecular weight is 447 g/mol. The van der Waals surface area contributed by atoms with Gasteiger partial charge < -0.3 is 14.2 Å². The first-order valence-corrected chi connectivity index (χ1v) is 11.5. The molecule has 0 unspecified atom stereocenters. The third-order valence-electron chi connectivity index (χ3n) is 7.04. The van der Waals surface area contributed by atoms with Gasteiger partial charge in [0.2, 0.25) is 0 Å². The number of hydrogen-bond acceptors (Lipinski definition) is 7. The van der Waals surface area contributed by atoms with Crippen molar-refractivity contribution in [1.29, 1.82) is 0 Å². The van der Waals surface area contributed by atoms with Crippen LogP contribution in [0.4, 0.5) is 0 Å². The summed E-state index contributed by atoms with van der Waals surface area (Å²) in [5.74, 6) is 0.549. The molecular weight excluding hydrogens is 422 g/mol. The van der Waals surface area contributed by atoms with Crippen molar-refractivity contribution >= 4 is 17.6 Å². The summed E-state index contributed by atoms with van der Waals surface area (Å²) < 4.78 is 18.3. The fourth-order valence-corrected chi connectivity index (χ4v) is 4.90. The highest BCUT2D eigenvalue weighted by Gasteiger charge is 2.57. The molecule has 0 amide bonds. The van der Waals surface area contributed by atoms with E-state index in [9.17, 15) is 9.59 Å². The lowest BCUT2D eigenvalue weighted by Crippen LogP contribution is -2.30. The van der Waals surface area contributed by atoms with E-state index in [0.29, 0.717) is 35.6 Å². The van der Waals surface area contributed by atoms with Gasteiger partial charge in [0.25, 0.3) is 0 Å². The Bertz CT molecular complexity index is 1270. The summed E-state index contributed by atoms with van der Waals surface area (Å²) >= 11 is 0. The fourth-order valence-electron chi connectivity index (χ4n) is 4.90. The van der Waals surface area contributed by atoms with Gasteiger partial charge in [0.05, 0.1) is 18.4 Å². The fraction of sp³-hybridized carbons (Fsp3) is 0.440. The van der Waals surface area contributed by atoms with Gasteiger partial charge in [0.15, 0.2) is 17.2 Å². The van der Waals surface area contributed by atoms with E-state index in [0.717, 1.165) is 42.5 Å². The lowest BCUT2D eigenvalue weighted by Gasteiger charge is -2.23. The van der Waals surface area contributed by atoms with Gasteiger partial charge in [-0.1, -0.05) is 12.5 Å². The molecule has 3 heterocycles. The van der Waals surface area contributed by atoms with Gasteiger partial charge in [-0.15, -0.1) is 5.10 Å². The predicted octanol–water partition coefficient (Wildman–Crippen LogP) is 3.98. The monoisotopic (exact) mass is 447 g/mol. The Labute approximate surface area is 190 Å². The van der Waals surface area contributed by atoms with Crippen LogP contribution in [0, 0.1) is 0 Å². The molecule has 1 aliphatic heterocycles. The molecule has 1 aromatic carbocycles. The van der Waals surface area contributed by atoms with Crippen molar-refractivity contribution < 1.29 is 23.8 Å². The molecule has 8 heteroatoms. The number of cyclic esters (lactones) is 1. The van der Waals surface area contributed by atoms with E-state index in [4.69, 9.17) is 24.3 Å². The van der Waals surface area contributed by atoms with Crippen molar-refractivity contribution in [3.8, 4) is 17.0 Å². The molecule has 2 aliphatic carbocycles. The number of ether oxygens (including phenoxy) is 3. The van der Waals surface area contributed by atoms with E-state index in [1.165, 1.54) is 6.42 Å². The van der Waals surface area contributed by atoms with Crippen molar-refractivity contribution in [2.75, 3.05) is 7.11 Å². The zero-order chi connectivity index (χ0) is 22.6. The van der Waals surface area contributed by atoms with Gasteiger partial charge in [-0.25, -0.2) is 14.3 Å². The van der Waals surface area contributed by atoms with Crippen molar-refractivity contribution in [3.63, 3.8) is 0 Å². The van der Waals surface area contributed by atoms with E-state index in [-0.39, 0.29) is 24.6 Å². The lowest BCUT2D eigenvalue weighted by molar-refractivity contribution is -0.154. The Morgan fingerprint density at radius 2 is 1.97 bits per heavy atom. The third kappa shape index (κ3) is 3.27. The van der Waals surface area contributed by atoms with Gasteiger partial charge in [0, 0.05) is 11.1 Å². The molecule has 0 radical (unpaired) electrons. The Morgan fingerprint density at radius 1 is 1.15 bits per heavy atom. The standard InChI is InChI=1S/C25H25N3O5/c1-31-20-10-9-19(15-7-8-18-16(13-15)14-32-22(18)29)28-21(20)26-23(27-28)25(11-12-25)24(30)33-17-5-3-2-4-6-17/h7-10,13,17H,2-6,11-12,14H2,1H3. The third-order valence-corrected chi connectivity index (χ3v) is 7.04. The summed E-state index contributed by atoms with van der Waals surface area (Å²) in [5, 5.41) is 4.78. The normalized spacial score (nSPS) is 19.2. The molecule has 2 fully saturated rings. The van der Waals surface area contributed by atoms with Crippen molar-refractivity contribution in [2.24, 2.45) is 0 Å². The second kappa shape index (κ2) is 7.57. The highest BCUT2D eigenvalue weighted by atomic mass is 16.5. The zero-order valence-electron chi connectivity index (χ0n) is 18.5. The Kier molecular flexibility index (Phi) is 4.64. The van der Waals surface area contributed by atoms with E-state index < -0.39 is 5.41 Å². The van der Waals surface area contributed by atoms with Crippen molar-refractivity contribution in [2.45, 2.75) is 63.1 Å². The first-order valence-electron chi connectivity index (χ1n) is 11.5. The largest absolute Gasteiger partial charge is 0.493 e. The van der Waals surface area contributed by atoms with E-state index in [1.807, 2.05) is 24.3 Å². The van der Waals surface area contributed by atoms with E-state index >= 15 is 0 Å². The molecule has 0 spiro atoms. The number of fused-ring (bicyclic) bond motifs is 2. The van der Waals surface area contributed by atoms with Crippen LogP contribution in [-0.4, -0.2) is 39.8 Å². The van der Waals surface area contributed by atoms with Gasteiger partial charge in [0.1, 0.15) is 18.1 Å². The number of rotatable bonds is 5. The average Bonchev–Trinajstić information content (AvgIpc) is 3.40. The molecule has 3 aliphatic rings. The Hall–Kier alpha value is -3.42. The first-order chi connectivity index (χ1) is 16.1.